The predicted molar refractivity (Wildman–Crippen MR) is 78.3 cm³/mol. The molecule has 1 aromatic rings. The number of likely N-dealkylation sites (tertiary alicyclic amines) is 1. The average molecular weight is 348 g/mol. The molecule has 0 aromatic carbocycles. The van der Waals surface area contributed by atoms with E-state index in [0.717, 1.165) is 30.4 Å². The molecule has 0 spiro atoms. The molecule has 2 heterocycles. The van der Waals surface area contributed by atoms with E-state index in [1.165, 1.54) is 6.42 Å². The first-order chi connectivity index (χ1) is 9.16. The summed E-state index contributed by atoms with van der Waals surface area (Å²) >= 11 is 9.05. The van der Waals surface area contributed by atoms with Crippen LogP contribution in [-0.2, 0) is 4.79 Å². The summed E-state index contributed by atoms with van der Waals surface area (Å²) in [6.07, 6.45) is 5.52. The van der Waals surface area contributed by atoms with Crippen molar-refractivity contribution in [1.82, 2.24) is 14.9 Å². The summed E-state index contributed by atoms with van der Waals surface area (Å²) in [4.78, 5) is 21.8. The fourth-order valence-corrected chi connectivity index (χ4v) is 2.52. The van der Waals surface area contributed by atoms with Crippen molar-refractivity contribution in [3.63, 3.8) is 0 Å². The van der Waals surface area contributed by atoms with Crippen molar-refractivity contribution < 1.29 is 4.79 Å². The van der Waals surface area contributed by atoms with E-state index < -0.39 is 0 Å². The number of carbonyl (C=O) groups excluding carboxylic acids is 1. The number of nitrogens with zero attached hydrogens (tertiary/aromatic N) is 3. The molecule has 0 radical (unpaired) electrons. The number of anilines is 1. The second kappa shape index (κ2) is 7.05. The third-order valence-corrected chi connectivity index (χ3v) is 3.82. The standard InChI is InChI=1S/C12H16BrClN4O/c13-9-8-16-12(14)17-11(9)15-5-4-10(19)18-6-2-1-3-7-18/h8H,1-7H2,(H,15,16,17). The first-order valence-electron chi connectivity index (χ1n) is 6.36. The first kappa shape index (κ1) is 14.5. The molecule has 1 N–H and O–H groups in total. The third kappa shape index (κ3) is 4.31. The van der Waals surface area contributed by atoms with Crippen molar-refractivity contribution in [2.75, 3.05) is 25.0 Å². The van der Waals surface area contributed by atoms with Gasteiger partial charge in [0.1, 0.15) is 5.82 Å². The van der Waals surface area contributed by atoms with Crippen molar-refractivity contribution in [1.29, 1.82) is 0 Å². The van der Waals surface area contributed by atoms with Crippen LogP contribution in [0.5, 0.6) is 0 Å². The fourth-order valence-electron chi connectivity index (χ4n) is 2.06. The molecule has 1 fully saturated rings. The molecule has 7 heteroatoms. The molecule has 104 valence electrons. The summed E-state index contributed by atoms with van der Waals surface area (Å²) in [6, 6.07) is 0. The Labute approximate surface area is 125 Å². The molecule has 1 amide bonds. The molecule has 0 bridgehead atoms. The normalized spacial score (nSPS) is 15.4. The molecule has 1 aliphatic heterocycles. The molecule has 0 saturated carbocycles. The number of halogens is 2. The van der Waals surface area contributed by atoms with E-state index in [-0.39, 0.29) is 11.2 Å². The van der Waals surface area contributed by atoms with E-state index in [1.807, 2.05) is 4.90 Å². The van der Waals surface area contributed by atoms with Crippen LogP contribution in [0.25, 0.3) is 0 Å². The van der Waals surface area contributed by atoms with Gasteiger partial charge in [-0.3, -0.25) is 4.79 Å². The van der Waals surface area contributed by atoms with Gasteiger partial charge in [-0.25, -0.2) is 4.98 Å². The van der Waals surface area contributed by atoms with E-state index in [9.17, 15) is 4.79 Å². The van der Waals surface area contributed by atoms with Crippen LogP contribution in [0.4, 0.5) is 5.82 Å². The van der Waals surface area contributed by atoms with Gasteiger partial charge < -0.3 is 10.2 Å². The highest BCUT2D eigenvalue weighted by atomic mass is 79.9. The van der Waals surface area contributed by atoms with Crippen LogP contribution in [0.2, 0.25) is 5.28 Å². The topological polar surface area (TPSA) is 58.1 Å². The molecule has 0 aliphatic carbocycles. The molecule has 2 rings (SSSR count). The maximum absolute atomic E-state index is 12.0. The van der Waals surface area contributed by atoms with Crippen LogP contribution in [0.15, 0.2) is 10.7 Å². The Morgan fingerprint density at radius 3 is 2.89 bits per heavy atom. The Hall–Kier alpha value is -0.880. The van der Waals surface area contributed by atoms with Gasteiger partial charge in [-0.15, -0.1) is 0 Å². The molecule has 1 aromatic heterocycles. The van der Waals surface area contributed by atoms with Gasteiger partial charge in [0.15, 0.2) is 0 Å². The largest absolute Gasteiger partial charge is 0.368 e. The Bertz CT molecular complexity index is 451. The van der Waals surface area contributed by atoms with E-state index in [2.05, 4.69) is 31.2 Å². The van der Waals surface area contributed by atoms with Crippen LogP contribution < -0.4 is 5.32 Å². The first-order valence-corrected chi connectivity index (χ1v) is 7.53. The lowest BCUT2D eigenvalue weighted by atomic mass is 10.1. The number of nitrogens with one attached hydrogen (secondary N) is 1. The summed E-state index contributed by atoms with van der Waals surface area (Å²) in [7, 11) is 0. The zero-order chi connectivity index (χ0) is 13.7. The van der Waals surface area contributed by atoms with Gasteiger partial charge in [0, 0.05) is 32.3 Å². The number of hydrogen-bond donors (Lipinski definition) is 1. The van der Waals surface area contributed by atoms with Crippen molar-refractivity contribution in [2.24, 2.45) is 0 Å². The maximum Gasteiger partial charge on any atom is 0.224 e. The van der Waals surface area contributed by atoms with Gasteiger partial charge in [-0.05, 0) is 46.8 Å². The molecule has 0 unspecified atom stereocenters. The number of rotatable bonds is 4. The van der Waals surface area contributed by atoms with E-state index in [0.29, 0.717) is 18.8 Å². The molecule has 5 nitrogen and oxygen atoms in total. The molecular formula is C12H16BrClN4O. The number of hydrogen-bond acceptors (Lipinski definition) is 4. The van der Waals surface area contributed by atoms with Crippen LogP contribution in [0.1, 0.15) is 25.7 Å². The zero-order valence-corrected chi connectivity index (χ0v) is 12.9. The SMILES string of the molecule is O=C(CCNc1nc(Cl)ncc1Br)N1CCCCC1. The minimum absolute atomic E-state index is 0.188. The highest BCUT2D eigenvalue weighted by molar-refractivity contribution is 9.10. The van der Waals surface area contributed by atoms with Gasteiger partial charge in [-0.2, -0.15) is 4.98 Å². The van der Waals surface area contributed by atoms with Gasteiger partial charge in [0.05, 0.1) is 4.47 Å². The molecule has 1 saturated heterocycles. The van der Waals surface area contributed by atoms with Gasteiger partial charge >= 0.3 is 0 Å². The highest BCUT2D eigenvalue weighted by Gasteiger charge is 2.15. The highest BCUT2D eigenvalue weighted by Crippen LogP contribution is 2.20. The Morgan fingerprint density at radius 2 is 2.16 bits per heavy atom. The summed E-state index contributed by atoms with van der Waals surface area (Å²) in [5.41, 5.74) is 0. The average Bonchev–Trinajstić information content (AvgIpc) is 2.43. The zero-order valence-electron chi connectivity index (χ0n) is 10.5. The number of aromatic nitrogens is 2. The van der Waals surface area contributed by atoms with Gasteiger partial charge in [-0.1, -0.05) is 0 Å². The lowest BCUT2D eigenvalue weighted by Gasteiger charge is -2.26. The molecule has 1 aliphatic rings. The third-order valence-electron chi connectivity index (χ3n) is 3.05. The van der Waals surface area contributed by atoms with E-state index >= 15 is 0 Å². The van der Waals surface area contributed by atoms with E-state index in [4.69, 9.17) is 11.6 Å². The second-order valence-electron chi connectivity index (χ2n) is 4.45. The van der Waals surface area contributed by atoms with Crippen LogP contribution in [-0.4, -0.2) is 40.4 Å². The minimum Gasteiger partial charge on any atom is -0.368 e. The van der Waals surface area contributed by atoms with Gasteiger partial charge in [0.25, 0.3) is 0 Å². The van der Waals surface area contributed by atoms with Crippen LogP contribution in [0, 0.1) is 0 Å². The second-order valence-corrected chi connectivity index (χ2v) is 5.65. The lowest BCUT2D eigenvalue weighted by molar-refractivity contribution is -0.131. The summed E-state index contributed by atoms with van der Waals surface area (Å²) < 4.78 is 0.738. The number of amides is 1. The van der Waals surface area contributed by atoms with E-state index in [1.54, 1.807) is 6.20 Å². The van der Waals surface area contributed by atoms with Crippen molar-refractivity contribution in [3.8, 4) is 0 Å². The van der Waals surface area contributed by atoms with Crippen molar-refractivity contribution >= 4 is 39.3 Å². The van der Waals surface area contributed by atoms with Crippen molar-refractivity contribution in [3.05, 3.63) is 16.0 Å². The lowest BCUT2D eigenvalue weighted by Crippen LogP contribution is -2.36. The minimum atomic E-state index is 0.188. The molecule has 0 atom stereocenters. The van der Waals surface area contributed by atoms with Crippen molar-refractivity contribution in [2.45, 2.75) is 25.7 Å². The number of carbonyl (C=O) groups is 1. The smallest absolute Gasteiger partial charge is 0.224 e. The molecule has 19 heavy (non-hydrogen) atoms. The predicted octanol–water partition coefficient (Wildman–Crippen LogP) is 2.71. The summed E-state index contributed by atoms with van der Waals surface area (Å²) in [5, 5.41) is 3.28. The monoisotopic (exact) mass is 346 g/mol. The number of piperidine rings is 1. The van der Waals surface area contributed by atoms with Crippen LogP contribution >= 0.6 is 27.5 Å². The Morgan fingerprint density at radius 1 is 1.42 bits per heavy atom. The van der Waals surface area contributed by atoms with Crippen LogP contribution in [0.3, 0.4) is 0 Å². The Kier molecular flexibility index (Phi) is 5.39. The Balaban J connectivity index is 1.79. The fraction of sp³-hybridized carbons (Fsp3) is 0.583. The molecular weight excluding hydrogens is 332 g/mol. The summed E-state index contributed by atoms with van der Waals surface area (Å²) in [5.74, 6) is 0.815. The quantitative estimate of drug-likeness (QED) is 0.851. The maximum atomic E-state index is 12.0. The van der Waals surface area contributed by atoms with Gasteiger partial charge in [0.2, 0.25) is 11.2 Å². The summed E-state index contributed by atoms with van der Waals surface area (Å²) in [6.45, 7) is 2.32.